The number of hydrogen-bond donors (Lipinski definition) is 7. The summed E-state index contributed by atoms with van der Waals surface area (Å²) < 4.78 is 0. The second-order valence-electron chi connectivity index (χ2n) is 7.38. The molecule has 3 amide bonds. The van der Waals surface area contributed by atoms with E-state index in [0.717, 1.165) is 0 Å². The Labute approximate surface area is 192 Å². The number of nitrogens with two attached hydrogens (primary N) is 3. The van der Waals surface area contributed by atoms with E-state index in [4.69, 9.17) is 17.2 Å². The van der Waals surface area contributed by atoms with Crippen LogP contribution in [-0.4, -0.2) is 78.0 Å². The fourth-order valence-electron chi connectivity index (χ4n) is 2.63. The number of aliphatic imine (C=N–C) groups is 1. The summed E-state index contributed by atoms with van der Waals surface area (Å²) in [6, 6.07) is -2.86. The standard InChI is InChI=1S/C19H37N7O5S/c1-4-11(2)15(18(30)31)26-17(29)13(6-5-8-23-19(21)22)25-14(27)10-24-16(28)12(20)7-9-32-3/h11-13,15H,4-10,20H2,1-3H3,(H,24,28)(H,25,27)(H,26,29)(H,30,31)(H4,21,22,23). The first-order valence-electron chi connectivity index (χ1n) is 10.4. The third kappa shape index (κ3) is 12.3. The summed E-state index contributed by atoms with van der Waals surface area (Å²) in [5.74, 6) is -2.57. The molecule has 0 aromatic rings. The molecule has 0 rings (SSSR count). The molecule has 0 aliphatic carbocycles. The first-order chi connectivity index (χ1) is 15.0. The number of aliphatic carboxylic acids is 1. The van der Waals surface area contributed by atoms with Gasteiger partial charge in [-0.05, 0) is 37.2 Å². The van der Waals surface area contributed by atoms with Crippen molar-refractivity contribution in [2.45, 2.75) is 57.7 Å². The normalized spacial score (nSPS) is 14.4. The Kier molecular flexibility index (Phi) is 14.9. The van der Waals surface area contributed by atoms with Crippen molar-refractivity contribution in [2.75, 3.05) is 25.1 Å². The summed E-state index contributed by atoms with van der Waals surface area (Å²) in [7, 11) is 0. The maximum atomic E-state index is 12.7. The molecule has 0 aromatic carbocycles. The molecule has 32 heavy (non-hydrogen) atoms. The first kappa shape index (κ1) is 29.5. The molecule has 0 aliphatic heterocycles. The average molecular weight is 476 g/mol. The van der Waals surface area contributed by atoms with Crippen molar-refractivity contribution in [3.8, 4) is 0 Å². The molecular formula is C19H37N7O5S. The van der Waals surface area contributed by atoms with Crippen LogP contribution in [0.2, 0.25) is 0 Å². The highest BCUT2D eigenvalue weighted by atomic mass is 32.2. The third-order valence-electron chi connectivity index (χ3n) is 4.77. The van der Waals surface area contributed by atoms with Crippen LogP contribution in [0.3, 0.4) is 0 Å². The first-order valence-corrected chi connectivity index (χ1v) is 11.8. The smallest absolute Gasteiger partial charge is 0.326 e. The molecule has 0 spiro atoms. The Morgan fingerprint density at radius 2 is 1.75 bits per heavy atom. The van der Waals surface area contributed by atoms with E-state index in [1.54, 1.807) is 18.7 Å². The van der Waals surface area contributed by atoms with Gasteiger partial charge in [-0.15, -0.1) is 0 Å². The molecule has 12 nitrogen and oxygen atoms in total. The van der Waals surface area contributed by atoms with Gasteiger partial charge in [0.05, 0.1) is 12.6 Å². The van der Waals surface area contributed by atoms with Gasteiger partial charge in [0.25, 0.3) is 0 Å². The highest BCUT2D eigenvalue weighted by Crippen LogP contribution is 2.09. The zero-order valence-electron chi connectivity index (χ0n) is 18.9. The van der Waals surface area contributed by atoms with Crippen LogP contribution in [0.4, 0.5) is 0 Å². The molecule has 0 bridgehead atoms. The number of nitrogens with one attached hydrogen (secondary N) is 3. The molecule has 184 valence electrons. The van der Waals surface area contributed by atoms with Gasteiger partial charge in [-0.1, -0.05) is 20.3 Å². The summed E-state index contributed by atoms with van der Waals surface area (Å²) in [5, 5.41) is 16.9. The molecule has 0 aromatic heterocycles. The van der Waals surface area contributed by atoms with Crippen molar-refractivity contribution in [1.29, 1.82) is 0 Å². The minimum absolute atomic E-state index is 0.0988. The predicted molar refractivity (Wildman–Crippen MR) is 125 cm³/mol. The SMILES string of the molecule is CCC(C)C(NC(=O)C(CCCN=C(N)N)NC(=O)CNC(=O)C(N)CCSC)C(=O)O. The van der Waals surface area contributed by atoms with Crippen LogP contribution < -0.4 is 33.2 Å². The van der Waals surface area contributed by atoms with Crippen molar-refractivity contribution < 1.29 is 24.3 Å². The third-order valence-corrected chi connectivity index (χ3v) is 5.41. The second kappa shape index (κ2) is 16.1. The molecule has 4 unspecified atom stereocenters. The van der Waals surface area contributed by atoms with Gasteiger partial charge in [0, 0.05) is 6.54 Å². The highest BCUT2D eigenvalue weighted by Gasteiger charge is 2.29. The highest BCUT2D eigenvalue weighted by molar-refractivity contribution is 7.98. The van der Waals surface area contributed by atoms with Crippen molar-refractivity contribution in [2.24, 2.45) is 28.1 Å². The Bertz CT molecular complexity index is 658. The van der Waals surface area contributed by atoms with Gasteiger partial charge in [0.1, 0.15) is 12.1 Å². The van der Waals surface area contributed by atoms with Gasteiger partial charge in [0.2, 0.25) is 17.7 Å². The molecule has 0 saturated heterocycles. The average Bonchev–Trinajstić information content (AvgIpc) is 2.74. The van der Waals surface area contributed by atoms with E-state index in [9.17, 15) is 24.3 Å². The number of guanidine groups is 1. The molecular weight excluding hydrogens is 438 g/mol. The molecule has 0 aliphatic rings. The van der Waals surface area contributed by atoms with Crippen molar-refractivity contribution >= 4 is 41.4 Å². The van der Waals surface area contributed by atoms with Crippen LogP contribution in [0.5, 0.6) is 0 Å². The zero-order chi connectivity index (χ0) is 24.7. The maximum absolute atomic E-state index is 12.7. The molecule has 0 radical (unpaired) electrons. The van der Waals surface area contributed by atoms with Gasteiger partial charge in [-0.3, -0.25) is 19.4 Å². The lowest BCUT2D eigenvalue weighted by Gasteiger charge is -2.24. The Morgan fingerprint density at radius 3 is 2.28 bits per heavy atom. The number of carboxylic acids is 1. The van der Waals surface area contributed by atoms with Crippen LogP contribution in [0.25, 0.3) is 0 Å². The Balaban J connectivity index is 5.05. The van der Waals surface area contributed by atoms with Crippen molar-refractivity contribution in [3.05, 3.63) is 0 Å². The van der Waals surface area contributed by atoms with Crippen molar-refractivity contribution in [3.63, 3.8) is 0 Å². The lowest BCUT2D eigenvalue weighted by molar-refractivity contribution is -0.143. The predicted octanol–water partition coefficient (Wildman–Crippen LogP) is -1.66. The summed E-state index contributed by atoms with van der Waals surface area (Å²) in [6.07, 6.45) is 3.44. The Morgan fingerprint density at radius 1 is 1.09 bits per heavy atom. The molecule has 10 N–H and O–H groups in total. The van der Waals surface area contributed by atoms with Crippen molar-refractivity contribution in [1.82, 2.24) is 16.0 Å². The van der Waals surface area contributed by atoms with Crippen LogP contribution in [0, 0.1) is 5.92 Å². The second-order valence-corrected chi connectivity index (χ2v) is 8.37. The molecule has 4 atom stereocenters. The van der Waals surface area contributed by atoms with E-state index in [1.165, 1.54) is 0 Å². The number of amides is 3. The van der Waals surface area contributed by atoms with E-state index in [1.807, 2.05) is 13.2 Å². The summed E-state index contributed by atoms with van der Waals surface area (Å²) in [6.45, 7) is 3.39. The topological polar surface area (TPSA) is 215 Å². The minimum atomic E-state index is -1.16. The molecule has 13 heteroatoms. The van der Waals surface area contributed by atoms with Gasteiger partial charge >= 0.3 is 5.97 Å². The van der Waals surface area contributed by atoms with Crippen LogP contribution in [0.15, 0.2) is 4.99 Å². The van der Waals surface area contributed by atoms with Gasteiger partial charge in [-0.2, -0.15) is 11.8 Å². The van der Waals surface area contributed by atoms with E-state index in [0.29, 0.717) is 25.0 Å². The van der Waals surface area contributed by atoms with Crippen LogP contribution in [0.1, 0.15) is 39.5 Å². The number of rotatable bonds is 16. The summed E-state index contributed by atoms with van der Waals surface area (Å²) in [4.78, 5) is 52.4. The van der Waals surface area contributed by atoms with E-state index in [-0.39, 0.29) is 31.4 Å². The number of thioether (sulfide) groups is 1. The monoisotopic (exact) mass is 475 g/mol. The number of carbonyl (C=O) groups is 4. The van der Waals surface area contributed by atoms with E-state index >= 15 is 0 Å². The molecule has 0 heterocycles. The minimum Gasteiger partial charge on any atom is -0.480 e. The zero-order valence-corrected chi connectivity index (χ0v) is 19.7. The Hall–Kier alpha value is -2.54. The lowest BCUT2D eigenvalue weighted by Crippen LogP contribution is -2.55. The largest absolute Gasteiger partial charge is 0.480 e. The number of nitrogens with zero attached hydrogens (tertiary/aromatic N) is 1. The number of carboxylic acid groups (broad SMARTS) is 1. The van der Waals surface area contributed by atoms with Gasteiger partial charge < -0.3 is 38.3 Å². The number of carbonyl (C=O) groups excluding carboxylic acids is 3. The lowest BCUT2D eigenvalue weighted by atomic mass is 9.98. The molecule has 0 saturated carbocycles. The fraction of sp³-hybridized carbons (Fsp3) is 0.737. The molecule has 0 fully saturated rings. The quantitative estimate of drug-likeness (QED) is 0.0771. The van der Waals surface area contributed by atoms with E-state index < -0.39 is 41.8 Å². The van der Waals surface area contributed by atoms with Crippen LogP contribution >= 0.6 is 11.8 Å². The van der Waals surface area contributed by atoms with Gasteiger partial charge in [-0.25, -0.2) is 4.79 Å². The maximum Gasteiger partial charge on any atom is 0.326 e. The summed E-state index contributed by atoms with van der Waals surface area (Å²) >= 11 is 1.55. The number of hydrogen-bond acceptors (Lipinski definition) is 7. The van der Waals surface area contributed by atoms with E-state index in [2.05, 4.69) is 20.9 Å². The van der Waals surface area contributed by atoms with Gasteiger partial charge in [0.15, 0.2) is 5.96 Å². The van der Waals surface area contributed by atoms with Crippen LogP contribution in [-0.2, 0) is 19.2 Å². The summed E-state index contributed by atoms with van der Waals surface area (Å²) in [5.41, 5.74) is 16.3. The fourth-order valence-corrected chi connectivity index (χ4v) is 3.12.